The molecular weight excluding hydrogens is 254 g/mol. The first-order chi connectivity index (χ1) is 9.63. The van der Waals surface area contributed by atoms with Gasteiger partial charge in [-0.25, -0.2) is 0 Å². The molecule has 0 aliphatic heterocycles. The van der Waals surface area contributed by atoms with Gasteiger partial charge in [-0.2, -0.15) is 0 Å². The van der Waals surface area contributed by atoms with E-state index in [-0.39, 0.29) is 5.75 Å². The molecule has 112 valence electrons. The van der Waals surface area contributed by atoms with Gasteiger partial charge < -0.3 is 20.3 Å². The molecule has 0 bridgehead atoms. The van der Waals surface area contributed by atoms with Crippen LogP contribution in [0, 0.1) is 0 Å². The largest absolute Gasteiger partial charge is 0.504 e. The van der Waals surface area contributed by atoms with Gasteiger partial charge in [0.15, 0.2) is 11.5 Å². The molecule has 0 spiro atoms. The van der Waals surface area contributed by atoms with Gasteiger partial charge in [-0.3, -0.25) is 0 Å². The van der Waals surface area contributed by atoms with E-state index in [0.717, 1.165) is 31.2 Å². The third-order valence-corrected chi connectivity index (χ3v) is 4.06. The van der Waals surface area contributed by atoms with E-state index in [1.165, 1.54) is 20.0 Å². The summed E-state index contributed by atoms with van der Waals surface area (Å²) >= 11 is 0. The van der Waals surface area contributed by atoms with Crippen LogP contribution in [0.1, 0.15) is 44.1 Å². The minimum Gasteiger partial charge on any atom is -0.504 e. The summed E-state index contributed by atoms with van der Waals surface area (Å²) in [6.45, 7) is 1.25. The van der Waals surface area contributed by atoms with Crippen LogP contribution in [0.3, 0.4) is 0 Å². The fourth-order valence-corrected chi connectivity index (χ4v) is 2.85. The molecule has 0 radical (unpaired) electrons. The van der Waals surface area contributed by atoms with Crippen molar-refractivity contribution < 1.29 is 14.9 Å². The molecule has 4 heteroatoms. The number of rotatable bonds is 5. The van der Waals surface area contributed by atoms with Gasteiger partial charge in [0, 0.05) is 13.1 Å². The minimum atomic E-state index is -0.564. The monoisotopic (exact) mass is 279 g/mol. The molecule has 0 unspecified atom stereocenters. The Balaban J connectivity index is 1.84. The number of methoxy groups -OCH3 is 1. The quantitative estimate of drug-likeness (QED) is 0.725. The Labute approximate surface area is 120 Å². The Hall–Kier alpha value is -1.26. The van der Waals surface area contributed by atoms with Crippen molar-refractivity contribution in [1.29, 1.82) is 0 Å². The van der Waals surface area contributed by atoms with Crippen LogP contribution in [0.4, 0.5) is 0 Å². The maximum Gasteiger partial charge on any atom is 0.160 e. The van der Waals surface area contributed by atoms with Gasteiger partial charge in [0.2, 0.25) is 0 Å². The van der Waals surface area contributed by atoms with Crippen LogP contribution in [0.25, 0.3) is 0 Å². The molecular formula is C16H25NO3. The van der Waals surface area contributed by atoms with E-state index in [0.29, 0.717) is 18.8 Å². The van der Waals surface area contributed by atoms with Crippen molar-refractivity contribution in [3.05, 3.63) is 23.8 Å². The van der Waals surface area contributed by atoms with E-state index in [9.17, 15) is 10.2 Å². The fourth-order valence-electron chi connectivity index (χ4n) is 2.85. The van der Waals surface area contributed by atoms with Crippen LogP contribution < -0.4 is 10.1 Å². The Kier molecular flexibility index (Phi) is 5.26. The number of hydrogen-bond acceptors (Lipinski definition) is 4. The molecule has 4 nitrogen and oxygen atoms in total. The predicted molar refractivity (Wildman–Crippen MR) is 79.0 cm³/mol. The van der Waals surface area contributed by atoms with Gasteiger partial charge in [-0.05, 0) is 30.5 Å². The summed E-state index contributed by atoms with van der Waals surface area (Å²) in [6, 6.07) is 5.37. The third kappa shape index (κ3) is 4.12. The lowest BCUT2D eigenvalue weighted by molar-refractivity contribution is 0.0250. The van der Waals surface area contributed by atoms with Crippen LogP contribution >= 0.6 is 0 Å². The van der Waals surface area contributed by atoms with E-state index in [4.69, 9.17) is 4.74 Å². The van der Waals surface area contributed by atoms with Crippen molar-refractivity contribution >= 4 is 0 Å². The molecule has 2 rings (SSSR count). The lowest BCUT2D eigenvalue weighted by Gasteiger charge is -2.27. The van der Waals surface area contributed by atoms with Crippen LogP contribution in [0.15, 0.2) is 18.2 Å². The molecule has 0 saturated heterocycles. The van der Waals surface area contributed by atoms with Gasteiger partial charge in [0.25, 0.3) is 0 Å². The summed E-state index contributed by atoms with van der Waals surface area (Å²) in [4.78, 5) is 0. The summed E-state index contributed by atoms with van der Waals surface area (Å²) in [5, 5.41) is 23.6. The zero-order valence-electron chi connectivity index (χ0n) is 12.2. The first kappa shape index (κ1) is 15.1. The van der Waals surface area contributed by atoms with Crippen LogP contribution in [-0.4, -0.2) is 29.5 Å². The predicted octanol–water partition coefficient (Wildman–Crippen LogP) is 2.58. The molecule has 0 heterocycles. The molecule has 0 amide bonds. The molecule has 3 N–H and O–H groups in total. The molecule has 1 saturated carbocycles. The van der Waals surface area contributed by atoms with E-state index in [1.54, 1.807) is 12.1 Å². The number of ether oxygens (including phenoxy) is 1. The van der Waals surface area contributed by atoms with Gasteiger partial charge in [-0.1, -0.05) is 31.7 Å². The Bertz CT molecular complexity index is 426. The number of benzene rings is 1. The number of phenols is 1. The number of nitrogens with one attached hydrogen (secondary N) is 1. The number of aliphatic hydroxyl groups is 1. The van der Waals surface area contributed by atoms with Crippen LogP contribution in [0.5, 0.6) is 11.5 Å². The highest BCUT2D eigenvalue weighted by molar-refractivity contribution is 5.41. The highest BCUT2D eigenvalue weighted by Crippen LogP contribution is 2.27. The second-order valence-electron chi connectivity index (χ2n) is 5.75. The van der Waals surface area contributed by atoms with Gasteiger partial charge in [0.1, 0.15) is 0 Å². The highest BCUT2D eigenvalue weighted by Gasteiger charge is 2.27. The maximum atomic E-state index is 10.5. The Morgan fingerprint density at radius 1 is 1.20 bits per heavy atom. The highest BCUT2D eigenvalue weighted by atomic mass is 16.5. The zero-order chi connectivity index (χ0) is 14.4. The fraction of sp³-hybridized carbons (Fsp3) is 0.625. The average molecular weight is 279 g/mol. The summed E-state index contributed by atoms with van der Waals surface area (Å²) in [5.41, 5.74) is 0.422. The van der Waals surface area contributed by atoms with Crippen LogP contribution in [-0.2, 0) is 6.54 Å². The standard InChI is InChI=1S/C16H25NO3/c1-20-15-7-6-13(10-14(15)18)11-17-12-16(19)8-4-2-3-5-9-16/h6-7,10,17-19H,2-5,8-9,11-12H2,1H3. The minimum absolute atomic E-state index is 0.153. The summed E-state index contributed by atoms with van der Waals surface area (Å²) < 4.78 is 5.02. The average Bonchev–Trinajstić information content (AvgIpc) is 2.64. The van der Waals surface area contributed by atoms with Crippen LogP contribution in [0.2, 0.25) is 0 Å². The van der Waals surface area contributed by atoms with Gasteiger partial charge in [-0.15, -0.1) is 0 Å². The Morgan fingerprint density at radius 2 is 1.90 bits per heavy atom. The van der Waals surface area contributed by atoms with E-state index < -0.39 is 5.60 Å². The number of hydrogen-bond donors (Lipinski definition) is 3. The van der Waals surface area contributed by atoms with Gasteiger partial charge in [0.05, 0.1) is 12.7 Å². The van der Waals surface area contributed by atoms with Crippen molar-refractivity contribution in [1.82, 2.24) is 5.32 Å². The third-order valence-electron chi connectivity index (χ3n) is 4.06. The molecule has 1 aliphatic rings. The topological polar surface area (TPSA) is 61.7 Å². The van der Waals surface area contributed by atoms with E-state index in [1.807, 2.05) is 6.07 Å². The van der Waals surface area contributed by atoms with Crippen molar-refractivity contribution in [3.63, 3.8) is 0 Å². The summed E-state index contributed by atoms with van der Waals surface area (Å²) in [6.07, 6.45) is 6.45. The van der Waals surface area contributed by atoms with Crippen molar-refractivity contribution in [2.75, 3.05) is 13.7 Å². The maximum absolute atomic E-state index is 10.5. The normalized spacial score (nSPS) is 18.5. The first-order valence-corrected chi connectivity index (χ1v) is 7.42. The molecule has 1 fully saturated rings. The van der Waals surface area contributed by atoms with Crippen molar-refractivity contribution in [3.8, 4) is 11.5 Å². The lowest BCUT2D eigenvalue weighted by atomic mass is 9.94. The molecule has 20 heavy (non-hydrogen) atoms. The lowest BCUT2D eigenvalue weighted by Crippen LogP contribution is -2.39. The summed E-state index contributed by atoms with van der Waals surface area (Å²) in [7, 11) is 1.54. The second-order valence-corrected chi connectivity index (χ2v) is 5.75. The number of phenolic OH excluding ortho intramolecular Hbond substituents is 1. The van der Waals surface area contributed by atoms with Crippen molar-refractivity contribution in [2.24, 2.45) is 0 Å². The smallest absolute Gasteiger partial charge is 0.160 e. The van der Waals surface area contributed by atoms with E-state index >= 15 is 0 Å². The molecule has 1 aliphatic carbocycles. The van der Waals surface area contributed by atoms with E-state index in [2.05, 4.69) is 5.32 Å². The molecule has 0 atom stereocenters. The number of aromatic hydroxyl groups is 1. The Morgan fingerprint density at radius 3 is 2.50 bits per heavy atom. The zero-order valence-corrected chi connectivity index (χ0v) is 12.2. The summed E-state index contributed by atoms with van der Waals surface area (Å²) in [5.74, 6) is 0.635. The van der Waals surface area contributed by atoms with Gasteiger partial charge >= 0.3 is 0 Å². The molecule has 1 aromatic rings. The molecule has 1 aromatic carbocycles. The van der Waals surface area contributed by atoms with Crippen molar-refractivity contribution in [2.45, 2.75) is 50.7 Å². The molecule has 0 aromatic heterocycles. The first-order valence-electron chi connectivity index (χ1n) is 7.42. The second kappa shape index (κ2) is 6.95. The SMILES string of the molecule is COc1ccc(CNCC2(O)CCCCCC2)cc1O.